The fourth-order valence-electron chi connectivity index (χ4n) is 4.46. The number of nitrogens with one attached hydrogen (secondary N) is 1. The van der Waals surface area contributed by atoms with Gasteiger partial charge in [0.25, 0.3) is 0 Å². The van der Waals surface area contributed by atoms with Crippen LogP contribution in [0.3, 0.4) is 0 Å². The normalized spacial score (nSPS) is 15.1. The molecule has 6 nitrogen and oxygen atoms in total. The fourth-order valence-corrected chi connectivity index (χ4v) is 4.46. The summed E-state index contributed by atoms with van der Waals surface area (Å²) in [4.78, 5) is 15.0. The number of rotatable bonds is 5. The fraction of sp³-hybridized carbons (Fsp3) is 0.240. The highest BCUT2D eigenvalue weighted by atomic mass is 16.5. The molecule has 6 heteroatoms. The van der Waals surface area contributed by atoms with Crippen LogP contribution in [0.4, 0.5) is 5.69 Å². The Morgan fingerprint density at radius 1 is 0.935 bits per heavy atom. The second kappa shape index (κ2) is 7.87. The minimum Gasteiger partial charge on any atom is -0.497 e. The van der Waals surface area contributed by atoms with Gasteiger partial charge in [0.15, 0.2) is 0 Å². The maximum absolute atomic E-state index is 13.4. The van der Waals surface area contributed by atoms with E-state index in [1.54, 1.807) is 11.9 Å². The second-order valence-electron chi connectivity index (χ2n) is 8.00. The third-order valence-corrected chi connectivity index (χ3v) is 6.16. The van der Waals surface area contributed by atoms with E-state index in [0.717, 1.165) is 59.4 Å². The highest BCUT2D eigenvalue weighted by Gasteiger charge is 2.42. The summed E-state index contributed by atoms with van der Waals surface area (Å²) in [7, 11) is 1.64. The van der Waals surface area contributed by atoms with Gasteiger partial charge in [-0.1, -0.05) is 43.2 Å². The standard InChI is InChI=1S/C25H24N4O2/c1-31-21-12-10-20(11-13-21)29-27-22-14-9-19(17-23(22)28-29)26-24(30)25(15-5-6-16-25)18-7-3-2-4-8-18/h2-4,7-14,17H,5-6,15-16H2,1H3,(H,26,30). The molecule has 1 aliphatic rings. The summed E-state index contributed by atoms with van der Waals surface area (Å²) in [6, 6.07) is 23.4. The van der Waals surface area contributed by atoms with E-state index in [0.29, 0.717) is 0 Å². The van der Waals surface area contributed by atoms with E-state index in [9.17, 15) is 4.79 Å². The van der Waals surface area contributed by atoms with E-state index in [4.69, 9.17) is 4.74 Å². The van der Waals surface area contributed by atoms with Crippen LogP contribution in [0.15, 0.2) is 72.8 Å². The molecule has 0 radical (unpaired) electrons. The second-order valence-corrected chi connectivity index (χ2v) is 8.00. The van der Waals surface area contributed by atoms with Crippen molar-refractivity contribution in [3.8, 4) is 11.4 Å². The maximum atomic E-state index is 13.4. The minimum atomic E-state index is -0.461. The van der Waals surface area contributed by atoms with Crippen LogP contribution >= 0.6 is 0 Å². The van der Waals surface area contributed by atoms with Crippen LogP contribution in [0, 0.1) is 0 Å². The molecule has 1 saturated carbocycles. The molecule has 1 aliphatic carbocycles. The molecule has 5 rings (SSSR count). The van der Waals surface area contributed by atoms with E-state index >= 15 is 0 Å². The quantitative estimate of drug-likeness (QED) is 0.507. The summed E-state index contributed by atoms with van der Waals surface area (Å²) in [6.45, 7) is 0. The zero-order valence-corrected chi connectivity index (χ0v) is 17.4. The summed E-state index contributed by atoms with van der Waals surface area (Å²) in [5, 5.41) is 12.3. The number of carbonyl (C=O) groups is 1. The van der Waals surface area contributed by atoms with Gasteiger partial charge in [0.1, 0.15) is 16.8 Å². The Kier molecular flexibility index (Phi) is 4.90. The first kappa shape index (κ1) is 19.3. The van der Waals surface area contributed by atoms with Gasteiger partial charge in [-0.3, -0.25) is 4.79 Å². The average molecular weight is 412 g/mol. The number of hydrogen-bond donors (Lipinski definition) is 1. The summed E-state index contributed by atoms with van der Waals surface area (Å²) >= 11 is 0. The number of benzene rings is 3. The Labute approximate surface area is 180 Å². The minimum absolute atomic E-state index is 0.0538. The molecule has 0 aliphatic heterocycles. The van der Waals surface area contributed by atoms with Gasteiger partial charge in [0.2, 0.25) is 5.91 Å². The van der Waals surface area contributed by atoms with E-state index in [-0.39, 0.29) is 5.91 Å². The van der Waals surface area contributed by atoms with E-state index in [2.05, 4.69) is 27.6 Å². The molecule has 0 bridgehead atoms. The Bertz CT molecular complexity index is 1210. The van der Waals surface area contributed by atoms with Crippen molar-refractivity contribution in [3.63, 3.8) is 0 Å². The van der Waals surface area contributed by atoms with Gasteiger partial charge in [0, 0.05) is 5.69 Å². The molecule has 0 saturated heterocycles. The van der Waals surface area contributed by atoms with Crippen LogP contribution in [0.2, 0.25) is 0 Å². The lowest BCUT2D eigenvalue weighted by molar-refractivity contribution is -0.121. The first-order valence-electron chi connectivity index (χ1n) is 10.6. The topological polar surface area (TPSA) is 69.0 Å². The number of ether oxygens (including phenoxy) is 1. The van der Waals surface area contributed by atoms with Gasteiger partial charge >= 0.3 is 0 Å². The van der Waals surface area contributed by atoms with Gasteiger partial charge in [-0.05, 0) is 60.9 Å². The van der Waals surface area contributed by atoms with Crippen molar-refractivity contribution < 1.29 is 9.53 Å². The molecule has 3 aromatic carbocycles. The van der Waals surface area contributed by atoms with Crippen LogP contribution in [-0.4, -0.2) is 28.0 Å². The van der Waals surface area contributed by atoms with Crippen LogP contribution in [0.5, 0.6) is 5.75 Å². The first-order valence-corrected chi connectivity index (χ1v) is 10.6. The number of aromatic nitrogens is 3. The summed E-state index contributed by atoms with van der Waals surface area (Å²) in [6.07, 6.45) is 3.88. The number of amides is 1. The van der Waals surface area contributed by atoms with Crippen LogP contribution in [-0.2, 0) is 10.2 Å². The lowest BCUT2D eigenvalue weighted by atomic mass is 9.78. The maximum Gasteiger partial charge on any atom is 0.235 e. The van der Waals surface area contributed by atoms with E-state index in [1.807, 2.05) is 60.7 Å². The molecule has 0 spiro atoms. The third kappa shape index (κ3) is 3.54. The molecular formula is C25H24N4O2. The van der Waals surface area contributed by atoms with Crippen molar-refractivity contribution in [2.45, 2.75) is 31.1 Å². The number of nitrogens with zero attached hydrogens (tertiary/aromatic N) is 3. The summed E-state index contributed by atoms with van der Waals surface area (Å²) < 4.78 is 5.21. The number of methoxy groups -OCH3 is 1. The molecule has 1 fully saturated rings. The van der Waals surface area contributed by atoms with E-state index < -0.39 is 5.41 Å². The SMILES string of the molecule is COc1ccc(-n2nc3ccc(NC(=O)C4(c5ccccc5)CCCC4)cc3n2)cc1. The Morgan fingerprint density at radius 2 is 1.65 bits per heavy atom. The predicted molar refractivity (Wildman–Crippen MR) is 121 cm³/mol. The van der Waals surface area contributed by atoms with Gasteiger partial charge in [-0.15, -0.1) is 10.2 Å². The molecule has 1 aromatic heterocycles. The zero-order chi connectivity index (χ0) is 21.3. The molecule has 31 heavy (non-hydrogen) atoms. The van der Waals surface area contributed by atoms with E-state index in [1.165, 1.54) is 0 Å². The van der Waals surface area contributed by atoms with Gasteiger partial charge in [0.05, 0.1) is 18.2 Å². The lowest BCUT2D eigenvalue weighted by Gasteiger charge is -2.28. The van der Waals surface area contributed by atoms with Crippen molar-refractivity contribution in [2.24, 2.45) is 0 Å². The summed E-state index contributed by atoms with van der Waals surface area (Å²) in [5.74, 6) is 0.836. The number of carbonyl (C=O) groups excluding carboxylic acids is 1. The number of fused-ring (bicyclic) bond motifs is 1. The van der Waals surface area contributed by atoms with Crippen molar-refractivity contribution in [1.82, 2.24) is 15.0 Å². The monoisotopic (exact) mass is 412 g/mol. The average Bonchev–Trinajstić information content (AvgIpc) is 3.48. The number of anilines is 1. The van der Waals surface area contributed by atoms with Crippen LogP contribution < -0.4 is 10.1 Å². The molecule has 1 amide bonds. The molecule has 0 atom stereocenters. The van der Waals surface area contributed by atoms with Gasteiger partial charge in [-0.25, -0.2) is 0 Å². The summed E-state index contributed by atoms with van der Waals surface area (Å²) in [5.41, 5.74) is 3.72. The molecule has 0 unspecified atom stereocenters. The van der Waals surface area contributed by atoms with Crippen molar-refractivity contribution >= 4 is 22.6 Å². The van der Waals surface area contributed by atoms with Crippen LogP contribution in [0.1, 0.15) is 31.2 Å². The van der Waals surface area contributed by atoms with Crippen LogP contribution in [0.25, 0.3) is 16.7 Å². The Morgan fingerprint density at radius 3 is 2.35 bits per heavy atom. The van der Waals surface area contributed by atoms with Gasteiger partial charge in [-0.2, -0.15) is 4.80 Å². The largest absolute Gasteiger partial charge is 0.497 e. The smallest absolute Gasteiger partial charge is 0.235 e. The van der Waals surface area contributed by atoms with Crippen molar-refractivity contribution in [1.29, 1.82) is 0 Å². The highest BCUT2D eigenvalue weighted by Crippen LogP contribution is 2.42. The predicted octanol–water partition coefficient (Wildman–Crippen LogP) is 4.88. The highest BCUT2D eigenvalue weighted by molar-refractivity contribution is 6.00. The number of hydrogen-bond acceptors (Lipinski definition) is 4. The Hall–Kier alpha value is -3.67. The zero-order valence-electron chi connectivity index (χ0n) is 17.4. The first-order chi connectivity index (χ1) is 15.2. The van der Waals surface area contributed by atoms with Crippen molar-refractivity contribution in [3.05, 3.63) is 78.4 Å². The van der Waals surface area contributed by atoms with Gasteiger partial charge < -0.3 is 10.1 Å². The lowest BCUT2D eigenvalue weighted by Crippen LogP contribution is -2.37. The molecule has 1 heterocycles. The molecule has 156 valence electrons. The molecular weight excluding hydrogens is 388 g/mol. The molecule has 1 N–H and O–H groups in total. The van der Waals surface area contributed by atoms with Crippen molar-refractivity contribution in [2.75, 3.05) is 12.4 Å². The molecule has 4 aromatic rings. The third-order valence-electron chi connectivity index (χ3n) is 6.16. The Balaban J connectivity index is 1.42.